The lowest BCUT2D eigenvalue weighted by Gasteiger charge is -2.30. The minimum atomic E-state index is -4.49. The highest BCUT2D eigenvalue weighted by atomic mass is 19.4. The van der Waals surface area contributed by atoms with Gasteiger partial charge in [-0.1, -0.05) is 12.1 Å². The molecule has 1 aliphatic heterocycles. The van der Waals surface area contributed by atoms with Gasteiger partial charge in [-0.25, -0.2) is 9.37 Å². The zero-order valence-electron chi connectivity index (χ0n) is 17.6. The first-order valence-corrected chi connectivity index (χ1v) is 10.3. The number of alkyl halides is 3. The molecule has 0 saturated carbocycles. The molecule has 5 rings (SSSR count). The van der Waals surface area contributed by atoms with E-state index in [0.717, 1.165) is 0 Å². The third-order valence-electron chi connectivity index (χ3n) is 5.89. The van der Waals surface area contributed by atoms with Crippen LogP contribution in [0.5, 0.6) is 5.75 Å². The SMILES string of the molecule is COc1ccc2ccc(-c3nnc4ccc([C@@H](N5CC[C@H](N)C5)C(F)(F)F)cn34)nc2c1F. The second kappa shape index (κ2) is 7.92. The van der Waals surface area contributed by atoms with Crippen LogP contribution < -0.4 is 10.5 Å². The van der Waals surface area contributed by atoms with Gasteiger partial charge in [0.05, 0.1) is 7.11 Å². The second-order valence-corrected chi connectivity index (χ2v) is 8.05. The average molecular weight is 460 g/mol. The molecule has 0 unspecified atom stereocenters. The largest absolute Gasteiger partial charge is 0.494 e. The van der Waals surface area contributed by atoms with E-state index in [2.05, 4.69) is 15.2 Å². The van der Waals surface area contributed by atoms with E-state index >= 15 is 0 Å². The van der Waals surface area contributed by atoms with Gasteiger partial charge in [-0.3, -0.25) is 9.30 Å². The summed E-state index contributed by atoms with van der Waals surface area (Å²) in [5, 5.41) is 8.69. The first kappa shape index (κ1) is 21.5. The van der Waals surface area contributed by atoms with Crippen molar-refractivity contribution in [2.45, 2.75) is 24.7 Å². The minimum absolute atomic E-state index is 0.0392. The molecule has 1 aliphatic rings. The molecular formula is C22H20F4N6O. The number of hydrogen-bond donors (Lipinski definition) is 1. The topological polar surface area (TPSA) is 81.6 Å². The molecule has 2 atom stereocenters. The van der Waals surface area contributed by atoms with Gasteiger partial charge in [0, 0.05) is 30.7 Å². The summed E-state index contributed by atoms with van der Waals surface area (Å²) >= 11 is 0. The monoisotopic (exact) mass is 460 g/mol. The van der Waals surface area contributed by atoms with E-state index in [0.29, 0.717) is 17.5 Å². The fourth-order valence-corrected chi connectivity index (χ4v) is 4.32. The lowest BCUT2D eigenvalue weighted by Crippen LogP contribution is -2.38. The third kappa shape index (κ3) is 3.76. The quantitative estimate of drug-likeness (QED) is 0.468. The number of nitrogens with two attached hydrogens (primary N) is 1. The molecule has 1 aromatic carbocycles. The molecule has 33 heavy (non-hydrogen) atoms. The summed E-state index contributed by atoms with van der Waals surface area (Å²) in [5.74, 6) is -0.388. The summed E-state index contributed by atoms with van der Waals surface area (Å²) in [5.41, 5.74) is 6.58. The molecule has 0 spiro atoms. The van der Waals surface area contributed by atoms with E-state index in [4.69, 9.17) is 10.5 Å². The number of fused-ring (bicyclic) bond motifs is 2. The zero-order chi connectivity index (χ0) is 23.3. The number of ether oxygens (including phenoxy) is 1. The Kier molecular flexibility index (Phi) is 5.17. The summed E-state index contributed by atoms with van der Waals surface area (Å²) < 4.78 is 63.3. The van der Waals surface area contributed by atoms with Crippen molar-refractivity contribution < 1.29 is 22.3 Å². The molecule has 3 aromatic heterocycles. The van der Waals surface area contributed by atoms with Crippen LogP contribution in [0.25, 0.3) is 28.1 Å². The molecule has 7 nitrogen and oxygen atoms in total. The van der Waals surface area contributed by atoms with Gasteiger partial charge < -0.3 is 10.5 Å². The van der Waals surface area contributed by atoms with Gasteiger partial charge in [0.15, 0.2) is 23.0 Å². The van der Waals surface area contributed by atoms with Crippen LogP contribution in [-0.4, -0.2) is 56.9 Å². The normalized spacial score (nSPS) is 18.3. The molecule has 0 radical (unpaired) electrons. The molecule has 172 valence electrons. The fraction of sp³-hybridized carbons (Fsp3) is 0.318. The smallest absolute Gasteiger partial charge is 0.408 e. The maximum absolute atomic E-state index is 14.7. The van der Waals surface area contributed by atoms with E-state index in [1.165, 1.54) is 40.8 Å². The summed E-state index contributed by atoms with van der Waals surface area (Å²) in [4.78, 5) is 5.70. The van der Waals surface area contributed by atoms with Crippen LogP contribution in [0.4, 0.5) is 17.6 Å². The van der Waals surface area contributed by atoms with Crippen LogP contribution in [0.1, 0.15) is 18.0 Å². The molecule has 1 fully saturated rings. The Morgan fingerprint density at radius 3 is 2.61 bits per heavy atom. The first-order valence-electron chi connectivity index (χ1n) is 10.3. The van der Waals surface area contributed by atoms with E-state index in [1.807, 2.05) is 0 Å². The van der Waals surface area contributed by atoms with Crippen LogP contribution in [0, 0.1) is 5.82 Å². The Morgan fingerprint density at radius 2 is 1.91 bits per heavy atom. The summed E-state index contributed by atoms with van der Waals surface area (Å²) in [6, 6.07) is 7.23. The molecule has 0 amide bonds. The van der Waals surface area contributed by atoms with Crippen molar-refractivity contribution in [3.05, 3.63) is 54.0 Å². The van der Waals surface area contributed by atoms with E-state index in [-0.39, 0.29) is 47.5 Å². The Labute approximate surface area is 185 Å². The van der Waals surface area contributed by atoms with Crippen molar-refractivity contribution >= 4 is 16.6 Å². The van der Waals surface area contributed by atoms with Gasteiger partial charge in [-0.2, -0.15) is 13.2 Å². The van der Waals surface area contributed by atoms with Crippen LogP contribution in [-0.2, 0) is 0 Å². The van der Waals surface area contributed by atoms with Crippen molar-refractivity contribution in [2.75, 3.05) is 20.2 Å². The lowest BCUT2D eigenvalue weighted by atomic mass is 10.1. The number of methoxy groups -OCH3 is 1. The number of likely N-dealkylation sites (tertiary alicyclic amines) is 1. The fourth-order valence-electron chi connectivity index (χ4n) is 4.32. The molecule has 1 saturated heterocycles. The standard InChI is InChI=1S/C22H20F4N6O/c1-33-16-6-3-12-2-5-15(28-19(12)18(16)23)21-30-29-17-7-4-13(10-32(17)21)20(22(24,25)26)31-9-8-14(27)11-31/h2-7,10,14,20H,8-9,11,27H2,1H3/t14-,20+/m0/s1. The van der Waals surface area contributed by atoms with Gasteiger partial charge in [0.1, 0.15) is 17.3 Å². The van der Waals surface area contributed by atoms with Crippen molar-refractivity contribution in [2.24, 2.45) is 5.73 Å². The van der Waals surface area contributed by atoms with E-state index in [9.17, 15) is 17.6 Å². The highest BCUT2D eigenvalue weighted by Crippen LogP contribution is 2.39. The Morgan fingerprint density at radius 1 is 1.12 bits per heavy atom. The van der Waals surface area contributed by atoms with Gasteiger partial charge in [-0.05, 0) is 36.2 Å². The molecule has 4 aromatic rings. The van der Waals surface area contributed by atoms with Crippen LogP contribution in [0.15, 0.2) is 42.6 Å². The number of rotatable bonds is 4. The number of pyridine rings is 2. The molecule has 11 heteroatoms. The average Bonchev–Trinajstić information content (AvgIpc) is 3.39. The van der Waals surface area contributed by atoms with Crippen molar-refractivity contribution in [3.63, 3.8) is 0 Å². The van der Waals surface area contributed by atoms with Crippen molar-refractivity contribution in [1.82, 2.24) is 24.5 Å². The maximum atomic E-state index is 14.7. The predicted molar refractivity (Wildman–Crippen MR) is 113 cm³/mol. The number of halogens is 4. The Bertz CT molecular complexity index is 1340. The van der Waals surface area contributed by atoms with Gasteiger partial charge in [0.25, 0.3) is 0 Å². The number of hydrogen-bond acceptors (Lipinski definition) is 6. The van der Waals surface area contributed by atoms with Crippen LogP contribution >= 0.6 is 0 Å². The summed E-state index contributed by atoms with van der Waals surface area (Å²) in [6.07, 6.45) is -2.63. The van der Waals surface area contributed by atoms with Crippen LogP contribution in [0.3, 0.4) is 0 Å². The van der Waals surface area contributed by atoms with Crippen LogP contribution in [0.2, 0.25) is 0 Å². The van der Waals surface area contributed by atoms with Gasteiger partial charge >= 0.3 is 6.18 Å². The molecule has 0 aliphatic carbocycles. The molecule has 2 N–H and O–H groups in total. The third-order valence-corrected chi connectivity index (χ3v) is 5.89. The highest BCUT2D eigenvalue weighted by molar-refractivity contribution is 5.83. The lowest BCUT2D eigenvalue weighted by molar-refractivity contribution is -0.183. The molecular weight excluding hydrogens is 440 g/mol. The minimum Gasteiger partial charge on any atom is -0.494 e. The number of nitrogens with zero attached hydrogens (tertiary/aromatic N) is 5. The Hall–Kier alpha value is -3.31. The van der Waals surface area contributed by atoms with Gasteiger partial charge in [-0.15, -0.1) is 10.2 Å². The second-order valence-electron chi connectivity index (χ2n) is 8.05. The van der Waals surface area contributed by atoms with Gasteiger partial charge in [0.2, 0.25) is 0 Å². The highest BCUT2D eigenvalue weighted by Gasteiger charge is 2.46. The van der Waals surface area contributed by atoms with E-state index < -0.39 is 18.0 Å². The van der Waals surface area contributed by atoms with Crippen molar-refractivity contribution in [3.8, 4) is 17.3 Å². The molecule has 4 heterocycles. The van der Waals surface area contributed by atoms with E-state index in [1.54, 1.807) is 18.2 Å². The Balaban J connectivity index is 1.62. The predicted octanol–water partition coefficient (Wildman–Crippen LogP) is 3.73. The first-order chi connectivity index (χ1) is 15.8. The van der Waals surface area contributed by atoms with Crippen molar-refractivity contribution in [1.29, 1.82) is 0 Å². The number of benzene rings is 1. The molecule has 0 bridgehead atoms. The summed E-state index contributed by atoms with van der Waals surface area (Å²) in [7, 11) is 1.35. The summed E-state index contributed by atoms with van der Waals surface area (Å²) in [6.45, 7) is 0.413. The maximum Gasteiger partial charge on any atom is 0.408 e. The number of aromatic nitrogens is 4. The zero-order valence-corrected chi connectivity index (χ0v) is 17.6.